The monoisotopic (exact) mass is 1320 g/mol. The van der Waals surface area contributed by atoms with Crippen molar-refractivity contribution in [1.29, 1.82) is 0 Å². The van der Waals surface area contributed by atoms with Gasteiger partial charge in [0.15, 0.2) is 0 Å². The van der Waals surface area contributed by atoms with E-state index in [1.807, 2.05) is 0 Å². The summed E-state index contributed by atoms with van der Waals surface area (Å²) in [5.41, 5.74) is 31.9. The van der Waals surface area contributed by atoms with Crippen LogP contribution in [0.3, 0.4) is 0 Å². The summed E-state index contributed by atoms with van der Waals surface area (Å²) in [7, 11) is 0. The van der Waals surface area contributed by atoms with Crippen LogP contribution in [0.2, 0.25) is 10.0 Å². The van der Waals surface area contributed by atoms with E-state index in [0.29, 0.717) is 10.0 Å². The van der Waals surface area contributed by atoms with Gasteiger partial charge in [-0.05, 0) is 201 Å². The Labute approximate surface area is 594 Å². The summed E-state index contributed by atoms with van der Waals surface area (Å²) in [6.07, 6.45) is 0. The minimum atomic E-state index is -0.222. The predicted octanol–water partition coefficient (Wildman–Crippen LogP) is 22.3. The minimum absolute atomic E-state index is 0.127. The number of fused-ring (bicyclic) bond motifs is 8. The largest absolute Gasteiger partial charge is 0.311 e. The summed E-state index contributed by atoms with van der Waals surface area (Å²) in [6, 6.07) is 83.6. The molecule has 0 saturated carbocycles. The number of rotatable bonds is 6. The Morgan fingerprint density at radius 1 is 0.235 bits per heavy atom. The zero-order chi connectivity index (χ0) is 69.2. The van der Waals surface area contributed by atoms with Gasteiger partial charge in [-0.3, -0.25) is 0 Å². The maximum atomic E-state index is 7.90. The maximum Gasteiger partial charge on any atom is 0.252 e. The number of para-hydroxylation sites is 2. The van der Waals surface area contributed by atoms with E-state index in [0.717, 1.165) is 90.5 Å². The Morgan fingerprint density at radius 3 is 0.867 bits per heavy atom. The van der Waals surface area contributed by atoms with Crippen LogP contribution < -0.4 is 52.4 Å². The van der Waals surface area contributed by atoms with E-state index in [2.05, 4.69) is 363 Å². The van der Waals surface area contributed by atoms with Gasteiger partial charge in [0.25, 0.3) is 13.4 Å². The predicted molar refractivity (Wildman–Crippen MR) is 428 cm³/mol. The molecule has 8 heteroatoms. The molecule has 0 N–H and O–H groups in total. The van der Waals surface area contributed by atoms with Crippen molar-refractivity contribution in [3.8, 4) is 22.3 Å². The highest BCUT2D eigenvalue weighted by Crippen LogP contribution is 2.54. The highest BCUT2D eigenvalue weighted by molar-refractivity contribution is 7.03. The third kappa shape index (κ3) is 11.0. The number of hydrogen-bond donors (Lipinski definition) is 0. The van der Waals surface area contributed by atoms with Gasteiger partial charge in [0, 0.05) is 78.0 Å². The third-order valence-electron chi connectivity index (χ3n) is 21.2. The molecule has 98 heavy (non-hydrogen) atoms. The Kier molecular flexibility index (Phi) is 15.3. The summed E-state index contributed by atoms with van der Waals surface area (Å²) in [6.45, 7) is 41.5. The molecule has 0 aliphatic carbocycles. The van der Waals surface area contributed by atoms with Crippen LogP contribution in [0.25, 0.3) is 22.3 Å². The smallest absolute Gasteiger partial charge is 0.252 e. The molecule has 0 unspecified atom stereocenters. The van der Waals surface area contributed by atoms with Gasteiger partial charge < -0.3 is 19.6 Å². The zero-order valence-electron chi connectivity index (χ0n) is 60.5. The SMILES string of the molecule is CC(C)(C)c1cc(N2c3ccccc3B3c4cc5c(cc4N(c4ccc(C(C)(C)C)cc4-c4ccccc4)c4cc(Cl)cc2c43)N(c2ccc(C(C)(C)C)cc2-c2ccccc2)c2cc(Cl)cc3c2B5c2ccccc2N3c2cc(C(C)(C)C)cc(C(C)(C)C)c2)cc(C(C)(C)C)c1. The van der Waals surface area contributed by atoms with Gasteiger partial charge >= 0.3 is 0 Å². The lowest BCUT2D eigenvalue weighted by Gasteiger charge is -2.48. The van der Waals surface area contributed by atoms with Gasteiger partial charge in [0.05, 0.1) is 11.4 Å². The average molecular weight is 1320 g/mol. The molecule has 0 bridgehead atoms. The second-order valence-electron chi connectivity index (χ2n) is 34.2. The van der Waals surface area contributed by atoms with Crippen molar-refractivity contribution in [2.75, 3.05) is 19.6 Å². The van der Waals surface area contributed by atoms with E-state index in [-0.39, 0.29) is 45.9 Å². The summed E-state index contributed by atoms with van der Waals surface area (Å²) < 4.78 is 0. The van der Waals surface area contributed by atoms with Crippen LogP contribution in [0.5, 0.6) is 0 Å². The first kappa shape index (κ1) is 65.3. The quantitative estimate of drug-likeness (QED) is 0.154. The molecule has 4 nitrogen and oxygen atoms in total. The van der Waals surface area contributed by atoms with Crippen molar-refractivity contribution < 1.29 is 0 Å². The average Bonchev–Trinajstić information content (AvgIpc) is 0.684. The number of benzene rings is 11. The van der Waals surface area contributed by atoms with Crippen LogP contribution in [0, 0.1) is 0 Å². The molecule has 4 aliphatic rings. The molecule has 11 aromatic rings. The summed E-state index contributed by atoms with van der Waals surface area (Å²) in [5, 5.41) is 1.33. The summed E-state index contributed by atoms with van der Waals surface area (Å²) in [4.78, 5) is 10.3. The van der Waals surface area contributed by atoms with Crippen molar-refractivity contribution >= 4 is 138 Å². The van der Waals surface area contributed by atoms with Crippen LogP contribution in [-0.2, 0) is 32.5 Å². The molecule has 490 valence electrons. The summed E-state index contributed by atoms with van der Waals surface area (Å²) in [5.74, 6) is 0. The first-order chi connectivity index (χ1) is 46.2. The topological polar surface area (TPSA) is 13.0 Å². The first-order valence-electron chi connectivity index (χ1n) is 35.2. The Morgan fingerprint density at radius 2 is 0.541 bits per heavy atom. The van der Waals surface area contributed by atoms with Crippen molar-refractivity contribution in [2.45, 2.75) is 157 Å². The van der Waals surface area contributed by atoms with Crippen molar-refractivity contribution in [2.24, 2.45) is 0 Å². The van der Waals surface area contributed by atoms with E-state index in [4.69, 9.17) is 23.2 Å². The molecule has 0 fully saturated rings. The van der Waals surface area contributed by atoms with Crippen LogP contribution in [0.4, 0.5) is 68.2 Å². The van der Waals surface area contributed by atoms with Gasteiger partial charge in [-0.2, -0.15) is 0 Å². The van der Waals surface area contributed by atoms with Gasteiger partial charge in [-0.25, -0.2) is 0 Å². The minimum Gasteiger partial charge on any atom is -0.311 e. The van der Waals surface area contributed by atoms with E-state index >= 15 is 0 Å². The van der Waals surface area contributed by atoms with Crippen LogP contribution in [0.15, 0.2) is 218 Å². The summed E-state index contributed by atoms with van der Waals surface area (Å²) >= 11 is 15.8. The molecule has 0 amide bonds. The Balaban J connectivity index is 1.10. The molecule has 0 radical (unpaired) electrons. The van der Waals surface area contributed by atoms with Gasteiger partial charge in [-0.15, -0.1) is 0 Å². The van der Waals surface area contributed by atoms with E-state index < -0.39 is 0 Å². The Bertz CT molecular complexity index is 4670. The molecule has 0 saturated heterocycles. The lowest BCUT2D eigenvalue weighted by Crippen LogP contribution is -2.65. The second-order valence-corrected chi connectivity index (χ2v) is 35.1. The normalized spacial score (nSPS) is 14.2. The van der Waals surface area contributed by atoms with Crippen LogP contribution in [-0.4, -0.2) is 13.4 Å². The zero-order valence-corrected chi connectivity index (χ0v) is 62.0. The first-order valence-corrected chi connectivity index (χ1v) is 35.9. The van der Waals surface area contributed by atoms with E-state index in [1.54, 1.807) is 0 Å². The van der Waals surface area contributed by atoms with Gasteiger partial charge in [0.2, 0.25) is 0 Å². The van der Waals surface area contributed by atoms with Crippen LogP contribution in [0.1, 0.15) is 158 Å². The fourth-order valence-electron chi connectivity index (χ4n) is 15.7. The molecule has 0 atom stereocenters. The van der Waals surface area contributed by atoms with Crippen molar-refractivity contribution in [1.82, 2.24) is 0 Å². The fourth-order valence-corrected chi connectivity index (χ4v) is 16.1. The maximum absolute atomic E-state index is 7.90. The molecule has 0 spiro atoms. The standard InChI is InChI=1S/C90H90B2Cl2N4/c1-85(2,3)57-37-39-73(67(47-57)55-29-21-19-22-30-55)97-77-54-78-72(53-71(77)91-69-33-25-27-35-75(69)95(79-49-63(93)51-81(97)83(79)91)65-43-59(87(7,8)9)41-60(44-65)88(10,11)12)92-70-34-26-28-36-76(70)96(66-45-61(89(13,14)15)42-62(46-66)90(16,17)18)80-50-64(94)52-82(84(80)92)98(78)74-40-38-58(86(4,5)6)48-68(74)56-31-23-20-24-32-56/h19-54H,1-18H3. The van der Waals surface area contributed by atoms with Crippen LogP contribution >= 0.6 is 23.2 Å². The lowest BCUT2D eigenvalue weighted by atomic mass is 9.30. The molecule has 15 rings (SSSR count). The van der Waals surface area contributed by atoms with Crippen molar-refractivity contribution in [3.05, 3.63) is 262 Å². The molecular weight excluding hydrogens is 1230 g/mol. The number of anilines is 12. The molecule has 11 aromatic carbocycles. The molecule has 0 aromatic heterocycles. The highest BCUT2D eigenvalue weighted by atomic mass is 35.5. The fraction of sp³-hybridized carbons (Fsp3) is 0.267. The van der Waals surface area contributed by atoms with Crippen molar-refractivity contribution in [3.63, 3.8) is 0 Å². The number of halogens is 2. The Hall–Kier alpha value is -8.67. The number of nitrogens with zero attached hydrogens (tertiary/aromatic N) is 4. The number of hydrogen-bond acceptors (Lipinski definition) is 4. The lowest BCUT2D eigenvalue weighted by molar-refractivity contribution is 0.568. The van der Waals surface area contributed by atoms with E-state index in [9.17, 15) is 0 Å². The highest BCUT2D eigenvalue weighted by Gasteiger charge is 2.49. The third-order valence-corrected chi connectivity index (χ3v) is 21.6. The molecule has 4 heterocycles. The molecule has 4 aliphatic heterocycles. The van der Waals surface area contributed by atoms with E-state index in [1.165, 1.54) is 66.2 Å². The molecular formula is C90H90B2Cl2N4. The van der Waals surface area contributed by atoms with Gasteiger partial charge in [0.1, 0.15) is 0 Å². The second kappa shape index (κ2) is 22.9. The van der Waals surface area contributed by atoms with Gasteiger partial charge in [-0.1, -0.05) is 275 Å².